The van der Waals surface area contributed by atoms with E-state index < -0.39 is 0 Å². The molecule has 9 nitrogen and oxygen atoms in total. The third kappa shape index (κ3) is 2.76. The Morgan fingerprint density at radius 1 is 1.32 bits per heavy atom. The lowest BCUT2D eigenvalue weighted by molar-refractivity contribution is -0.120. The fourth-order valence-electron chi connectivity index (χ4n) is 3.41. The van der Waals surface area contributed by atoms with Crippen LogP contribution < -0.4 is 10.2 Å². The molecule has 1 aliphatic rings. The van der Waals surface area contributed by atoms with Crippen molar-refractivity contribution in [3.8, 4) is 0 Å². The van der Waals surface area contributed by atoms with Crippen LogP contribution in [0.2, 0.25) is 0 Å². The number of rotatable bonds is 4. The molecule has 1 N–H and O–H groups in total. The van der Waals surface area contributed by atoms with E-state index in [0.717, 1.165) is 26.7 Å². The number of amides is 1. The number of carbonyl (C=O) groups is 1. The highest BCUT2D eigenvalue weighted by Crippen LogP contribution is 2.29. The second-order valence-corrected chi connectivity index (χ2v) is 8.02. The van der Waals surface area contributed by atoms with Crippen molar-refractivity contribution in [3.63, 3.8) is 0 Å². The van der Waals surface area contributed by atoms with Gasteiger partial charge in [0.15, 0.2) is 17.0 Å². The van der Waals surface area contributed by atoms with Gasteiger partial charge in [0.25, 0.3) is 0 Å². The molecule has 0 saturated carbocycles. The van der Waals surface area contributed by atoms with E-state index in [2.05, 4.69) is 30.6 Å². The Morgan fingerprint density at radius 3 is 3.00 bits per heavy atom. The topological polar surface area (TPSA) is 102 Å². The summed E-state index contributed by atoms with van der Waals surface area (Å²) in [5, 5.41) is 12.3. The minimum atomic E-state index is -0.0981. The first kappa shape index (κ1) is 17.0. The summed E-state index contributed by atoms with van der Waals surface area (Å²) < 4.78 is 2.86. The molecule has 0 atom stereocenters. The zero-order valence-electron chi connectivity index (χ0n) is 15.5. The summed E-state index contributed by atoms with van der Waals surface area (Å²) in [5.74, 6) is 0.636. The molecular weight excluding hydrogens is 376 g/mol. The fourth-order valence-corrected chi connectivity index (χ4v) is 4.21. The third-order valence-corrected chi connectivity index (χ3v) is 5.85. The number of aryl methyl sites for hydroxylation is 2. The molecule has 0 radical (unpaired) electrons. The van der Waals surface area contributed by atoms with E-state index in [1.807, 2.05) is 36.9 Å². The minimum absolute atomic E-state index is 0.00469. The summed E-state index contributed by atoms with van der Waals surface area (Å²) in [5.41, 5.74) is 3.08. The number of carbonyl (C=O) groups excluding carboxylic acids is 1. The van der Waals surface area contributed by atoms with Crippen molar-refractivity contribution in [1.82, 2.24) is 29.9 Å². The molecule has 1 aliphatic heterocycles. The van der Waals surface area contributed by atoms with Crippen LogP contribution in [0.15, 0.2) is 24.5 Å². The van der Waals surface area contributed by atoms with E-state index >= 15 is 0 Å². The maximum absolute atomic E-state index is 12.6. The monoisotopic (exact) mass is 394 g/mol. The van der Waals surface area contributed by atoms with Crippen LogP contribution >= 0.6 is 11.3 Å². The molecule has 5 rings (SSSR count). The Morgan fingerprint density at radius 2 is 2.18 bits per heavy atom. The first-order valence-corrected chi connectivity index (χ1v) is 9.91. The predicted molar refractivity (Wildman–Crippen MR) is 107 cm³/mol. The minimum Gasteiger partial charge on any atom is -0.353 e. The van der Waals surface area contributed by atoms with Gasteiger partial charge in [0.1, 0.15) is 6.33 Å². The number of anilines is 2. The number of thiazole rings is 1. The Bertz CT molecular complexity index is 1190. The zero-order valence-corrected chi connectivity index (χ0v) is 16.3. The highest BCUT2D eigenvalue weighted by molar-refractivity contribution is 7.18. The van der Waals surface area contributed by atoms with E-state index in [0.29, 0.717) is 30.8 Å². The normalized spacial score (nSPS) is 14.6. The summed E-state index contributed by atoms with van der Waals surface area (Å²) in [6.45, 7) is 5.85. The molecule has 142 valence electrons. The molecule has 0 unspecified atom stereocenters. The molecular formula is C18H18N8OS. The zero-order chi connectivity index (χ0) is 19.3. The summed E-state index contributed by atoms with van der Waals surface area (Å²) in [4.78, 5) is 27.7. The standard InChI is InChI=1S/C18H18N8OS/c1-3-26-17-15(23-24-26)16(19-9-20-17)25-7-11(8-25)18(27)22-12-4-5-14-13(6-12)21-10(2)28-14/h4-6,9,11H,3,7-8H2,1-2H3,(H,22,27). The van der Waals surface area contributed by atoms with Gasteiger partial charge in [0.05, 0.1) is 21.1 Å². The average molecular weight is 394 g/mol. The molecule has 1 saturated heterocycles. The molecule has 4 aromatic rings. The van der Waals surface area contributed by atoms with Gasteiger partial charge >= 0.3 is 0 Å². The van der Waals surface area contributed by atoms with Crippen LogP contribution in [0.1, 0.15) is 11.9 Å². The van der Waals surface area contributed by atoms with Gasteiger partial charge in [-0.25, -0.2) is 19.6 Å². The van der Waals surface area contributed by atoms with Crippen LogP contribution in [0.25, 0.3) is 21.4 Å². The van der Waals surface area contributed by atoms with Gasteiger partial charge in [-0.05, 0) is 32.0 Å². The fraction of sp³-hybridized carbons (Fsp3) is 0.333. The number of aromatic nitrogens is 6. The number of hydrogen-bond acceptors (Lipinski definition) is 8. The van der Waals surface area contributed by atoms with Crippen molar-refractivity contribution in [1.29, 1.82) is 0 Å². The van der Waals surface area contributed by atoms with E-state index in [4.69, 9.17) is 0 Å². The first-order chi connectivity index (χ1) is 13.6. The second kappa shape index (κ2) is 6.48. The molecule has 3 aromatic heterocycles. The van der Waals surface area contributed by atoms with Crippen molar-refractivity contribution in [2.45, 2.75) is 20.4 Å². The molecule has 10 heteroatoms. The van der Waals surface area contributed by atoms with Crippen molar-refractivity contribution >= 4 is 50.1 Å². The van der Waals surface area contributed by atoms with Gasteiger partial charge < -0.3 is 10.2 Å². The van der Waals surface area contributed by atoms with Crippen LogP contribution in [0.4, 0.5) is 11.5 Å². The Kier molecular flexibility index (Phi) is 3.93. The lowest BCUT2D eigenvalue weighted by Crippen LogP contribution is -2.52. The highest BCUT2D eigenvalue weighted by atomic mass is 32.1. The number of fused-ring (bicyclic) bond motifs is 2. The van der Waals surface area contributed by atoms with Crippen LogP contribution in [-0.2, 0) is 11.3 Å². The predicted octanol–water partition coefficient (Wildman–Crippen LogP) is 2.23. The molecule has 0 bridgehead atoms. The molecule has 28 heavy (non-hydrogen) atoms. The molecule has 4 heterocycles. The van der Waals surface area contributed by atoms with Gasteiger partial charge in [-0.3, -0.25) is 4.79 Å². The largest absolute Gasteiger partial charge is 0.353 e. The van der Waals surface area contributed by atoms with Gasteiger partial charge in [-0.1, -0.05) is 5.21 Å². The van der Waals surface area contributed by atoms with E-state index in [9.17, 15) is 4.79 Å². The van der Waals surface area contributed by atoms with Gasteiger partial charge in [0.2, 0.25) is 5.91 Å². The summed E-state index contributed by atoms with van der Waals surface area (Å²) in [6.07, 6.45) is 1.52. The maximum atomic E-state index is 12.6. The first-order valence-electron chi connectivity index (χ1n) is 9.09. The van der Waals surface area contributed by atoms with Crippen LogP contribution in [0, 0.1) is 12.8 Å². The van der Waals surface area contributed by atoms with Crippen molar-refractivity contribution in [2.24, 2.45) is 5.92 Å². The highest BCUT2D eigenvalue weighted by Gasteiger charge is 2.35. The summed E-state index contributed by atoms with van der Waals surface area (Å²) >= 11 is 1.65. The maximum Gasteiger partial charge on any atom is 0.231 e. The molecule has 0 aliphatic carbocycles. The van der Waals surface area contributed by atoms with Crippen molar-refractivity contribution < 1.29 is 4.79 Å². The molecule has 1 aromatic carbocycles. The van der Waals surface area contributed by atoms with E-state index in [1.165, 1.54) is 6.33 Å². The summed E-state index contributed by atoms with van der Waals surface area (Å²) in [6, 6.07) is 5.84. The van der Waals surface area contributed by atoms with Gasteiger partial charge in [0, 0.05) is 25.3 Å². The number of benzene rings is 1. The van der Waals surface area contributed by atoms with Gasteiger partial charge in [-0.15, -0.1) is 16.4 Å². The van der Waals surface area contributed by atoms with Crippen molar-refractivity contribution in [3.05, 3.63) is 29.5 Å². The SMILES string of the molecule is CCn1nnc2c(N3CC(C(=O)Nc4ccc5sc(C)nc5c4)C3)ncnc21. The molecule has 1 fully saturated rings. The Hall–Kier alpha value is -3.14. The number of nitrogens with zero attached hydrogens (tertiary/aromatic N) is 7. The Labute approximate surface area is 164 Å². The van der Waals surface area contributed by atoms with E-state index in [-0.39, 0.29) is 11.8 Å². The van der Waals surface area contributed by atoms with E-state index in [1.54, 1.807) is 16.0 Å². The second-order valence-electron chi connectivity index (χ2n) is 6.78. The lowest BCUT2D eigenvalue weighted by Gasteiger charge is -2.38. The third-order valence-electron chi connectivity index (χ3n) is 4.89. The van der Waals surface area contributed by atoms with Crippen LogP contribution in [0.3, 0.4) is 0 Å². The number of hydrogen-bond donors (Lipinski definition) is 1. The average Bonchev–Trinajstić information content (AvgIpc) is 3.22. The Balaban J connectivity index is 1.28. The van der Waals surface area contributed by atoms with Crippen molar-refractivity contribution in [2.75, 3.05) is 23.3 Å². The summed E-state index contributed by atoms with van der Waals surface area (Å²) in [7, 11) is 0. The molecule has 0 spiro atoms. The van der Waals surface area contributed by atoms with Crippen LogP contribution in [-0.4, -0.2) is 48.9 Å². The number of nitrogens with one attached hydrogen (secondary N) is 1. The van der Waals surface area contributed by atoms with Crippen LogP contribution in [0.5, 0.6) is 0 Å². The molecule has 1 amide bonds. The quantitative estimate of drug-likeness (QED) is 0.566. The van der Waals surface area contributed by atoms with Gasteiger partial charge in [-0.2, -0.15) is 0 Å². The lowest BCUT2D eigenvalue weighted by atomic mass is 9.99. The smallest absolute Gasteiger partial charge is 0.231 e.